The van der Waals surface area contributed by atoms with Gasteiger partial charge in [0.25, 0.3) is 0 Å². The molecular formula is C7H14N2O3. The number of hydrogen-bond acceptors (Lipinski definition) is 3. The van der Waals surface area contributed by atoms with Crippen molar-refractivity contribution in [1.82, 2.24) is 5.32 Å². The molecule has 0 aromatic rings. The molecule has 0 aromatic carbocycles. The van der Waals surface area contributed by atoms with E-state index in [-0.39, 0.29) is 6.42 Å². The Morgan fingerprint density at radius 2 is 2.17 bits per heavy atom. The van der Waals surface area contributed by atoms with Gasteiger partial charge in [0.05, 0.1) is 6.04 Å². The molecule has 0 aliphatic carbocycles. The van der Waals surface area contributed by atoms with Crippen molar-refractivity contribution in [2.75, 3.05) is 6.54 Å². The number of carbonyl (C=O) groups excluding carboxylic acids is 1. The van der Waals surface area contributed by atoms with Gasteiger partial charge in [-0.1, -0.05) is 0 Å². The highest BCUT2D eigenvalue weighted by Crippen LogP contribution is 1.87. The van der Waals surface area contributed by atoms with E-state index in [1.807, 2.05) is 0 Å². The van der Waals surface area contributed by atoms with Crippen molar-refractivity contribution >= 4 is 11.9 Å². The molecule has 0 rings (SSSR count). The fourth-order valence-electron chi connectivity index (χ4n) is 0.659. The van der Waals surface area contributed by atoms with Gasteiger partial charge in [0.15, 0.2) is 0 Å². The average molecular weight is 174 g/mol. The van der Waals surface area contributed by atoms with Crippen LogP contribution in [-0.2, 0) is 9.59 Å². The van der Waals surface area contributed by atoms with Gasteiger partial charge in [-0.25, -0.2) is 0 Å². The molecule has 0 aliphatic heterocycles. The third-order valence-electron chi connectivity index (χ3n) is 1.44. The third kappa shape index (κ3) is 5.67. The molecule has 5 heteroatoms. The molecule has 0 radical (unpaired) electrons. The molecule has 0 aliphatic rings. The van der Waals surface area contributed by atoms with Gasteiger partial charge in [-0.3, -0.25) is 9.59 Å². The van der Waals surface area contributed by atoms with Gasteiger partial charge in [0, 0.05) is 6.42 Å². The molecule has 0 heterocycles. The Balaban J connectivity index is 3.31. The monoisotopic (exact) mass is 174 g/mol. The fourth-order valence-corrected chi connectivity index (χ4v) is 0.659. The predicted octanol–water partition coefficient (Wildman–Crippen LogP) is -0.685. The SMILES string of the molecule is CC(NCCCC(=O)O)C(N)=O. The summed E-state index contributed by atoms with van der Waals surface area (Å²) in [7, 11) is 0. The molecule has 0 fully saturated rings. The first-order valence-electron chi connectivity index (χ1n) is 3.78. The van der Waals surface area contributed by atoms with E-state index in [4.69, 9.17) is 10.8 Å². The zero-order valence-electron chi connectivity index (χ0n) is 7.04. The van der Waals surface area contributed by atoms with Crippen molar-refractivity contribution in [1.29, 1.82) is 0 Å². The number of nitrogens with two attached hydrogens (primary N) is 1. The highest BCUT2D eigenvalue weighted by molar-refractivity contribution is 5.79. The maximum atomic E-state index is 10.5. The molecule has 5 nitrogen and oxygen atoms in total. The summed E-state index contributed by atoms with van der Waals surface area (Å²) in [5.74, 6) is -1.26. The quantitative estimate of drug-likeness (QED) is 0.465. The van der Waals surface area contributed by atoms with Crippen LogP contribution in [0.2, 0.25) is 0 Å². The first-order valence-corrected chi connectivity index (χ1v) is 3.78. The Bertz CT molecular complexity index is 170. The number of carboxylic acids is 1. The topological polar surface area (TPSA) is 92.4 Å². The summed E-state index contributed by atoms with van der Waals surface area (Å²) in [6.45, 7) is 2.14. The molecule has 70 valence electrons. The van der Waals surface area contributed by atoms with Gasteiger partial charge in [-0.2, -0.15) is 0 Å². The summed E-state index contributed by atoms with van der Waals surface area (Å²) in [5.41, 5.74) is 4.96. The number of carbonyl (C=O) groups is 2. The van der Waals surface area contributed by atoms with Gasteiger partial charge in [-0.05, 0) is 19.9 Å². The molecule has 0 bridgehead atoms. The number of nitrogens with one attached hydrogen (secondary N) is 1. The van der Waals surface area contributed by atoms with Crippen LogP contribution in [0.4, 0.5) is 0 Å². The number of amides is 1. The van der Waals surface area contributed by atoms with Crippen molar-refractivity contribution in [2.45, 2.75) is 25.8 Å². The van der Waals surface area contributed by atoms with Gasteiger partial charge in [0.2, 0.25) is 5.91 Å². The Morgan fingerprint density at radius 3 is 2.58 bits per heavy atom. The maximum absolute atomic E-state index is 10.5. The van der Waals surface area contributed by atoms with E-state index in [1.54, 1.807) is 6.92 Å². The molecule has 1 unspecified atom stereocenters. The molecule has 0 saturated heterocycles. The number of rotatable bonds is 6. The maximum Gasteiger partial charge on any atom is 0.303 e. The lowest BCUT2D eigenvalue weighted by Crippen LogP contribution is -2.39. The minimum absolute atomic E-state index is 0.110. The van der Waals surface area contributed by atoms with Crippen LogP contribution in [0.1, 0.15) is 19.8 Å². The molecule has 0 aromatic heterocycles. The summed E-state index contributed by atoms with van der Waals surface area (Å²) < 4.78 is 0. The van der Waals surface area contributed by atoms with E-state index >= 15 is 0 Å². The lowest BCUT2D eigenvalue weighted by Gasteiger charge is -2.08. The minimum Gasteiger partial charge on any atom is -0.481 e. The van der Waals surface area contributed by atoms with Crippen LogP contribution in [0.15, 0.2) is 0 Å². The number of carboxylic acid groups (broad SMARTS) is 1. The molecule has 0 spiro atoms. The van der Waals surface area contributed by atoms with Crippen molar-refractivity contribution in [2.24, 2.45) is 5.73 Å². The smallest absolute Gasteiger partial charge is 0.303 e. The summed E-state index contributed by atoms with van der Waals surface area (Å²) in [5, 5.41) is 11.1. The summed E-state index contributed by atoms with van der Waals surface area (Å²) in [6.07, 6.45) is 0.617. The Labute approximate surface area is 70.9 Å². The Hall–Kier alpha value is -1.10. The molecule has 1 atom stereocenters. The van der Waals surface area contributed by atoms with Crippen LogP contribution in [0.5, 0.6) is 0 Å². The molecular weight excluding hydrogens is 160 g/mol. The first-order chi connectivity index (χ1) is 5.54. The van der Waals surface area contributed by atoms with Gasteiger partial charge < -0.3 is 16.2 Å². The number of hydrogen-bond donors (Lipinski definition) is 3. The van der Waals surface area contributed by atoms with Crippen LogP contribution in [0.25, 0.3) is 0 Å². The fraction of sp³-hybridized carbons (Fsp3) is 0.714. The van der Waals surface area contributed by atoms with Crippen molar-refractivity contribution in [3.8, 4) is 0 Å². The lowest BCUT2D eigenvalue weighted by atomic mass is 10.2. The summed E-state index contributed by atoms with van der Waals surface area (Å²) in [6, 6.07) is -0.390. The number of primary amides is 1. The second-order valence-electron chi connectivity index (χ2n) is 2.58. The number of aliphatic carboxylic acids is 1. The predicted molar refractivity (Wildman–Crippen MR) is 43.5 cm³/mol. The normalized spacial score (nSPS) is 12.4. The largest absolute Gasteiger partial charge is 0.481 e. The Morgan fingerprint density at radius 1 is 1.58 bits per heavy atom. The van der Waals surface area contributed by atoms with Crippen molar-refractivity contribution in [3.05, 3.63) is 0 Å². The van der Waals surface area contributed by atoms with Crippen LogP contribution >= 0.6 is 0 Å². The van der Waals surface area contributed by atoms with Crippen LogP contribution in [0, 0.1) is 0 Å². The van der Waals surface area contributed by atoms with Gasteiger partial charge in [0.1, 0.15) is 0 Å². The molecule has 12 heavy (non-hydrogen) atoms. The van der Waals surface area contributed by atoms with E-state index in [1.165, 1.54) is 0 Å². The second kappa shape index (κ2) is 5.54. The van der Waals surface area contributed by atoms with E-state index in [0.29, 0.717) is 13.0 Å². The van der Waals surface area contributed by atoms with Crippen LogP contribution in [0.3, 0.4) is 0 Å². The van der Waals surface area contributed by atoms with Crippen LogP contribution < -0.4 is 11.1 Å². The summed E-state index contributed by atoms with van der Waals surface area (Å²) in [4.78, 5) is 20.5. The van der Waals surface area contributed by atoms with E-state index in [9.17, 15) is 9.59 Å². The zero-order valence-corrected chi connectivity index (χ0v) is 7.04. The standard InChI is InChI=1S/C7H14N2O3/c1-5(7(8)12)9-4-2-3-6(10)11/h5,9H,2-4H2,1H3,(H2,8,12)(H,10,11). The van der Waals surface area contributed by atoms with Crippen LogP contribution in [-0.4, -0.2) is 29.6 Å². The second-order valence-corrected chi connectivity index (χ2v) is 2.58. The Kier molecular flexibility index (Phi) is 5.03. The molecule has 0 saturated carbocycles. The zero-order chi connectivity index (χ0) is 9.56. The highest BCUT2D eigenvalue weighted by atomic mass is 16.4. The third-order valence-corrected chi connectivity index (χ3v) is 1.44. The van der Waals surface area contributed by atoms with Crippen molar-refractivity contribution < 1.29 is 14.7 Å². The van der Waals surface area contributed by atoms with Gasteiger partial charge >= 0.3 is 5.97 Å². The molecule has 1 amide bonds. The van der Waals surface area contributed by atoms with Gasteiger partial charge in [-0.15, -0.1) is 0 Å². The highest BCUT2D eigenvalue weighted by Gasteiger charge is 2.06. The van der Waals surface area contributed by atoms with E-state index in [2.05, 4.69) is 5.32 Å². The van der Waals surface area contributed by atoms with E-state index < -0.39 is 17.9 Å². The van der Waals surface area contributed by atoms with E-state index in [0.717, 1.165) is 0 Å². The lowest BCUT2D eigenvalue weighted by molar-refractivity contribution is -0.137. The average Bonchev–Trinajstić information content (AvgIpc) is 1.97. The first kappa shape index (κ1) is 10.9. The molecule has 4 N–H and O–H groups in total. The minimum atomic E-state index is -0.830. The summed E-state index contributed by atoms with van der Waals surface area (Å²) >= 11 is 0. The van der Waals surface area contributed by atoms with Crippen molar-refractivity contribution in [3.63, 3.8) is 0 Å².